The number of hydrogen-bond acceptors (Lipinski definition) is 3. The van der Waals surface area contributed by atoms with Crippen molar-refractivity contribution < 1.29 is 9.21 Å². The zero-order valence-electron chi connectivity index (χ0n) is 13.1. The summed E-state index contributed by atoms with van der Waals surface area (Å²) < 4.78 is 5.80. The van der Waals surface area contributed by atoms with Crippen LogP contribution in [-0.2, 0) is 0 Å². The third-order valence-electron chi connectivity index (χ3n) is 4.35. The van der Waals surface area contributed by atoms with Gasteiger partial charge in [-0.15, -0.1) is 0 Å². The van der Waals surface area contributed by atoms with Crippen molar-refractivity contribution in [2.24, 2.45) is 0 Å². The second-order valence-electron chi connectivity index (χ2n) is 6.09. The van der Waals surface area contributed by atoms with E-state index in [4.69, 9.17) is 16.0 Å². The molecule has 1 aliphatic rings. The Hall–Kier alpha value is -2.59. The van der Waals surface area contributed by atoms with Crippen LogP contribution in [0.15, 0.2) is 45.6 Å². The molecule has 5 heteroatoms. The minimum Gasteiger partial charge on any atom is -0.450 e. The van der Waals surface area contributed by atoms with Crippen molar-refractivity contribution in [3.8, 4) is 0 Å². The van der Waals surface area contributed by atoms with Gasteiger partial charge >= 0.3 is 0 Å². The number of benzene rings is 2. The fraction of sp³-hybridized carbons (Fsp3) is 0.158. The fourth-order valence-corrected chi connectivity index (χ4v) is 3.43. The maximum atomic E-state index is 13.1. The summed E-state index contributed by atoms with van der Waals surface area (Å²) in [5.41, 5.74) is 3.27. The first kappa shape index (κ1) is 15.0. The third-order valence-corrected chi connectivity index (χ3v) is 4.60. The van der Waals surface area contributed by atoms with Gasteiger partial charge in [0, 0.05) is 5.02 Å². The van der Waals surface area contributed by atoms with E-state index >= 15 is 0 Å². The summed E-state index contributed by atoms with van der Waals surface area (Å²) in [6, 6.07) is 10.3. The van der Waals surface area contributed by atoms with Crippen molar-refractivity contribution in [2.75, 3.05) is 0 Å². The van der Waals surface area contributed by atoms with Gasteiger partial charge in [0.1, 0.15) is 5.58 Å². The highest BCUT2D eigenvalue weighted by Gasteiger charge is 2.36. The van der Waals surface area contributed by atoms with Gasteiger partial charge in [0.05, 0.1) is 17.0 Å². The Labute approximate surface area is 143 Å². The van der Waals surface area contributed by atoms with Crippen LogP contribution in [0.25, 0.3) is 11.0 Å². The number of fused-ring (bicyclic) bond motifs is 2. The Bertz CT molecular complexity index is 1050. The molecule has 0 saturated heterocycles. The van der Waals surface area contributed by atoms with Crippen LogP contribution in [0.1, 0.15) is 38.9 Å². The van der Waals surface area contributed by atoms with Crippen LogP contribution < -0.4 is 10.7 Å². The molecular weight excluding hydrogens is 326 g/mol. The molecule has 0 bridgehead atoms. The molecule has 0 fully saturated rings. The molecule has 2 aromatic carbocycles. The van der Waals surface area contributed by atoms with Gasteiger partial charge in [-0.1, -0.05) is 29.8 Å². The summed E-state index contributed by atoms with van der Waals surface area (Å²) in [5.74, 6) is -0.277. The van der Waals surface area contributed by atoms with E-state index in [0.717, 1.165) is 16.7 Å². The monoisotopic (exact) mass is 339 g/mol. The van der Waals surface area contributed by atoms with Gasteiger partial charge in [0.15, 0.2) is 5.43 Å². The molecule has 2 heterocycles. The van der Waals surface area contributed by atoms with Crippen molar-refractivity contribution >= 4 is 28.5 Å². The van der Waals surface area contributed by atoms with Gasteiger partial charge in [-0.05, 0) is 48.7 Å². The zero-order valence-corrected chi connectivity index (χ0v) is 13.9. The maximum Gasteiger partial charge on any atom is 0.288 e. The molecule has 3 aromatic rings. The second-order valence-corrected chi connectivity index (χ2v) is 6.52. The van der Waals surface area contributed by atoms with Gasteiger partial charge in [-0.25, -0.2) is 0 Å². The molecule has 4 nitrogen and oxygen atoms in total. The minimum atomic E-state index is -0.522. The minimum absolute atomic E-state index is 0.0949. The molecule has 1 N–H and O–H groups in total. The van der Waals surface area contributed by atoms with Gasteiger partial charge < -0.3 is 9.73 Å². The molecule has 1 unspecified atom stereocenters. The zero-order chi connectivity index (χ0) is 17.0. The summed E-state index contributed by atoms with van der Waals surface area (Å²) in [6.07, 6.45) is 0. The van der Waals surface area contributed by atoms with Crippen LogP contribution in [0.3, 0.4) is 0 Å². The lowest BCUT2D eigenvalue weighted by Gasteiger charge is -2.12. The van der Waals surface area contributed by atoms with Crippen LogP contribution in [0.5, 0.6) is 0 Å². The van der Waals surface area contributed by atoms with Crippen LogP contribution in [-0.4, -0.2) is 5.91 Å². The number of amides is 1. The van der Waals surface area contributed by atoms with Gasteiger partial charge in [0.2, 0.25) is 5.76 Å². The summed E-state index contributed by atoms with van der Waals surface area (Å²) in [6.45, 7) is 3.80. The lowest BCUT2D eigenvalue weighted by molar-refractivity contribution is 0.0938. The largest absolute Gasteiger partial charge is 0.450 e. The van der Waals surface area contributed by atoms with E-state index in [1.807, 2.05) is 19.9 Å². The third kappa shape index (κ3) is 2.14. The number of aryl methyl sites for hydroxylation is 2. The molecular formula is C19H14ClNO3. The van der Waals surface area contributed by atoms with Crippen LogP contribution in [0.4, 0.5) is 0 Å². The number of nitrogens with one attached hydrogen (secondary N) is 1. The number of rotatable bonds is 1. The highest BCUT2D eigenvalue weighted by molar-refractivity contribution is 6.30. The summed E-state index contributed by atoms with van der Waals surface area (Å²) in [4.78, 5) is 25.4. The van der Waals surface area contributed by atoms with E-state index < -0.39 is 6.04 Å². The number of halogens is 1. The van der Waals surface area contributed by atoms with E-state index in [9.17, 15) is 9.59 Å². The number of carbonyl (C=O) groups excluding carboxylic acids is 1. The molecule has 0 radical (unpaired) electrons. The summed E-state index contributed by atoms with van der Waals surface area (Å²) >= 11 is 5.92. The van der Waals surface area contributed by atoms with Gasteiger partial charge in [-0.2, -0.15) is 0 Å². The maximum absolute atomic E-state index is 13.1. The molecule has 1 atom stereocenters. The highest BCUT2D eigenvalue weighted by atomic mass is 35.5. The molecule has 1 aliphatic heterocycles. The van der Waals surface area contributed by atoms with E-state index in [0.29, 0.717) is 21.6 Å². The van der Waals surface area contributed by atoms with Crippen molar-refractivity contribution in [2.45, 2.75) is 19.9 Å². The molecule has 1 amide bonds. The van der Waals surface area contributed by atoms with Crippen molar-refractivity contribution in [3.63, 3.8) is 0 Å². The van der Waals surface area contributed by atoms with Crippen molar-refractivity contribution in [3.05, 3.63) is 79.7 Å². The topological polar surface area (TPSA) is 59.3 Å². The Morgan fingerprint density at radius 3 is 2.50 bits per heavy atom. The average molecular weight is 340 g/mol. The van der Waals surface area contributed by atoms with Crippen LogP contribution in [0.2, 0.25) is 5.02 Å². The highest BCUT2D eigenvalue weighted by Crippen LogP contribution is 2.32. The fourth-order valence-electron chi connectivity index (χ4n) is 3.31. The Kier molecular flexibility index (Phi) is 3.25. The molecule has 0 saturated carbocycles. The summed E-state index contributed by atoms with van der Waals surface area (Å²) in [7, 11) is 0. The molecule has 0 aliphatic carbocycles. The smallest absolute Gasteiger partial charge is 0.288 e. The normalized spacial score (nSPS) is 16.3. The second kappa shape index (κ2) is 5.21. The Morgan fingerprint density at radius 2 is 1.79 bits per heavy atom. The lowest BCUT2D eigenvalue weighted by Crippen LogP contribution is -2.22. The molecule has 24 heavy (non-hydrogen) atoms. The Morgan fingerprint density at radius 1 is 1.08 bits per heavy atom. The lowest BCUT2D eigenvalue weighted by atomic mass is 9.97. The first-order chi connectivity index (χ1) is 11.5. The van der Waals surface area contributed by atoms with Crippen molar-refractivity contribution in [1.29, 1.82) is 0 Å². The number of carbonyl (C=O) groups is 1. The van der Waals surface area contributed by atoms with Gasteiger partial charge in [-0.3, -0.25) is 9.59 Å². The molecule has 120 valence electrons. The first-order valence-corrected chi connectivity index (χ1v) is 7.98. The van der Waals surface area contributed by atoms with E-state index in [2.05, 4.69) is 5.32 Å². The van der Waals surface area contributed by atoms with E-state index in [1.165, 1.54) is 0 Å². The van der Waals surface area contributed by atoms with E-state index in [-0.39, 0.29) is 17.1 Å². The molecule has 0 spiro atoms. The number of hydrogen-bond donors (Lipinski definition) is 1. The summed E-state index contributed by atoms with van der Waals surface area (Å²) in [5, 5.41) is 3.95. The standard InChI is InChI=1S/C19H14ClNO3/c1-9-7-10(2)14-13(8-9)24-18-15(17(14)22)16(21-19(18)23)11-3-5-12(20)6-4-11/h3-8,16H,1-2H3,(H,21,23). The van der Waals surface area contributed by atoms with Crippen LogP contribution >= 0.6 is 11.6 Å². The predicted octanol–water partition coefficient (Wildman–Crippen LogP) is 3.90. The average Bonchev–Trinajstić information content (AvgIpc) is 2.85. The van der Waals surface area contributed by atoms with Crippen LogP contribution in [0, 0.1) is 13.8 Å². The first-order valence-electron chi connectivity index (χ1n) is 7.60. The van der Waals surface area contributed by atoms with Crippen molar-refractivity contribution in [1.82, 2.24) is 5.32 Å². The Balaban J connectivity index is 2.02. The van der Waals surface area contributed by atoms with Gasteiger partial charge in [0.25, 0.3) is 5.91 Å². The molecule has 1 aromatic heterocycles. The molecule has 4 rings (SSSR count). The quantitative estimate of drug-likeness (QED) is 0.731. The predicted molar refractivity (Wildman–Crippen MR) is 92.7 cm³/mol. The SMILES string of the molecule is Cc1cc(C)c2c(=O)c3c(oc2c1)C(=O)NC3c1ccc(Cl)cc1. The van der Waals surface area contributed by atoms with E-state index in [1.54, 1.807) is 30.3 Å².